The van der Waals surface area contributed by atoms with Gasteiger partial charge < -0.3 is 5.11 Å². The first kappa shape index (κ1) is 15.5. The number of rotatable bonds is 3. The van der Waals surface area contributed by atoms with E-state index in [1.54, 1.807) is 24.3 Å². The second-order valence-electron chi connectivity index (χ2n) is 4.97. The largest absolute Gasteiger partial charge is 0.476 e. The van der Waals surface area contributed by atoms with E-state index in [9.17, 15) is 9.90 Å². The number of carboxylic acids is 1. The molecule has 116 valence electrons. The third-order valence-corrected chi connectivity index (χ3v) is 3.84. The van der Waals surface area contributed by atoms with Crippen LogP contribution in [0.5, 0.6) is 0 Å². The Hall–Kier alpha value is -2.37. The van der Waals surface area contributed by atoms with Gasteiger partial charge in [-0.3, -0.25) is 0 Å². The summed E-state index contributed by atoms with van der Waals surface area (Å²) in [5.41, 5.74) is 2.42. The summed E-state index contributed by atoms with van der Waals surface area (Å²) in [4.78, 5) is 11.5. The number of hydrogen-bond donors (Lipinski definition) is 1. The zero-order valence-electron chi connectivity index (χ0n) is 12.0. The maximum absolute atomic E-state index is 11.5. The summed E-state index contributed by atoms with van der Waals surface area (Å²) in [7, 11) is 0. The van der Waals surface area contributed by atoms with Gasteiger partial charge in [-0.25, -0.2) is 9.48 Å². The molecule has 0 aliphatic rings. The molecule has 0 bridgehead atoms. The number of carboxylic acid groups (broad SMARTS) is 1. The fourth-order valence-electron chi connectivity index (χ4n) is 2.30. The van der Waals surface area contributed by atoms with Crippen molar-refractivity contribution in [3.8, 4) is 16.9 Å². The topological polar surface area (TPSA) is 68.0 Å². The molecular weight excluding hydrogens is 337 g/mol. The van der Waals surface area contributed by atoms with Crippen LogP contribution in [0.15, 0.2) is 42.5 Å². The lowest BCUT2D eigenvalue weighted by molar-refractivity contribution is 0.0691. The predicted octanol–water partition coefficient (Wildman–Crippen LogP) is 4.25. The molecule has 2 aromatic carbocycles. The third kappa shape index (κ3) is 2.93. The van der Waals surface area contributed by atoms with Crippen molar-refractivity contribution in [1.29, 1.82) is 0 Å². The number of benzene rings is 2. The number of aromatic nitrogens is 3. The Labute approximate surface area is 142 Å². The fourth-order valence-corrected chi connectivity index (χ4v) is 2.79. The zero-order chi connectivity index (χ0) is 16.6. The Morgan fingerprint density at radius 2 is 1.96 bits per heavy atom. The summed E-state index contributed by atoms with van der Waals surface area (Å²) in [5.74, 6) is -1.15. The molecule has 0 fully saturated rings. The van der Waals surface area contributed by atoms with Crippen molar-refractivity contribution in [2.75, 3.05) is 0 Å². The monoisotopic (exact) mass is 347 g/mol. The molecule has 0 amide bonds. The van der Waals surface area contributed by atoms with Gasteiger partial charge in [0.05, 0.1) is 10.7 Å². The van der Waals surface area contributed by atoms with Gasteiger partial charge in [0.15, 0.2) is 5.69 Å². The summed E-state index contributed by atoms with van der Waals surface area (Å²) in [6.07, 6.45) is 0. The minimum atomic E-state index is -1.15. The van der Waals surface area contributed by atoms with Crippen molar-refractivity contribution in [1.82, 2.24) is 15.0 Å². The number of hydrogen-bond acceptors (Lipinski definition) is 3. The van der Waals surface area contributed by atoms with E-state index in [0.717, 1.165) is 5.56 Å². The second-order valence-corrected chi connectivity index (χ2v) is 5.81. The number of aryl methyl sites for hydroxylation is 1. The van der Waals surface area contributed by atoms with Gasteiger partial charge in [-0.15, -0.1) is 5.10 Å². The van der Waals surface area contributed by atoms with Crippen molar-refractivity contribution in [3.63, 3.8) is 0 Å². The van der Waals surface area contributed by atoms with Gasteiger partial charge in [0.1, 0.15) is 5.69 Å². The Bertz CT molecular complexity index is 906. The van der Waals surface area contributed by atoms with Crippen LogP contribution in [0.2, 0.25) is 10.0 Å². The average Bonchev–Trinajstić information content (AvgIpc) is 2.92. The molecule has 0 aliphatic heterocycles. The number of carbonyl (C=O) groups is 1. The highest BCUT2D eigenvalue weighted by atomic mass is 35.5. The highest BCUT2D eigenvalue weighted by Gasteiger charge is 2.22. The molecule has 0 unspecified atom stereocenters. The van der Waals surface area contributed by atoms with Crippen LogP contribution in [0.4, 0.5) is 0 Å². The fraction of sp³-hybridized carbons (Fsp3) is 0.0625. The molecule has 23 heavy (non-hydrogen) atoms. The Morgan fingerprint density at radius 1 is 1.17 bits per heavy atom. The third-order valence-electron chi connectivity index (χ3n) is 3.30. The molecular formula is C16H11Cl2N3O2. The molecule has 0 spiro atoms. The molecule has 7 heteroatoms. The van der Waals surface area contributed by atoms with E-state index in [-0.39, 0.29) is 5.69 Å². The van der Waals surface area contributed by atoms with E-state index in [1.807, 2.05) is 25.1 Å². The maximum atomic E-state index is 11.5. The molecule has 3 aromatic rings. The van der Waals surface area contributed by atoms with Gasteiger partial charge in [-0.05, 0) is 31.2 Å². The average molecular weight is 348 g/mol. The van der Waals surface area contributed by atoms with Gasteiger partial charge in [-0.2, -0.15) is 0 Å². The normalized spacial score (nSPS) is 10.7. The van der Waals surface area contributed by atoms with Crippen LogP contribution in [0, 0.1) is 6.92 Å². The summed E-state index contributed by atoms with van der Waals surface area (Å²) in [6.45, 7) is 1.92. The first-order valence-electron chi connectivity index (χ1n) is 6.69. The highest BCUT2D eigenvalue weighted by molar-refractivity contribution is 6.35. The van der Waals surface area contributed by atoms with Crippen LogP contribution in [-0.4, -0.2) is 26.1 Å². The summed E-state index contributed by atoms with van der Waals surface area (Å²) in [5, 5.41) is 18.0. The van der Waals surface area contributed by atoms with E-state index >= 15 is 0 Å². The quantitative estimate of drug-likeness (QED) is 0.768. The van der Waals surface area contributed by atoms with Crippen LogP contribution >= 0.6 is 23.2 Å². The summed E-state index contributed by atoms with van der Waals surface area (Å²) >= 11 is 12.1. The standard InChI is InChI=1S/C16H11Cl2N3O2/c1-9-3-2-4-10(7-9)15-14(16(22)23)19-20-21(15)13-6-5-11(17)8-12(13)18/h2-8H,1H3,(H,22,23). The minimum Gasteiger partial charge on any atom is -0.476 e. The number of halogens is 2. The van der Waals surface area contributed by atoms with Crippen LogP contribution < -0.4 is 0 Å². The number of nitrogens with zero attached hydrogens (tertiary/aromatic N) is 3. The minimum absolute atomic E-state index is 0.137. The van der Waals surface area contributed by atoms with E-state index in [0.29, 0.717) is 27.0 Å². The Morgan fingerprint density at radius 3 is 2.61 bits per heavy atom. The molecule has 1 N–H and O–H groups in total. The molecule has 3 rings (SSSR count). The van der Waals surface area contributed by atoms with Crippen molar-refractivity contribution in [2.24, 2.45) is 0 Å². The summed E-state index contributed by atoms with van der Waals surface area (Å²) in [6, 6.07) is 12.3. The molecule has 0 saturated heterocycles. The lowest BCUT2D eigenvalue weighted by atomic mass is 10.1. The predicted molar refractivity (Wildman–Crippen MR) is 88.5 cm³/mol. The highest BCUT2D eigenvalue weighted by Crippen LogP contribution is 2.30. The zero-order valence-corrected chi connectivity index (χ0v) is 13.5. The maximum Gasteiger partial charge on any atom is 0.358 e. The van der Waals surface area contributed by atoms with Crippen molar-refractivity contribution >= 4 is 29.2 Å². The first-order chi connectivity index (χ1) is 11.0. The van der Waals surface area contributed by atoms with Gasteiger partial charge in [0.25, 0.3) is 0 Å². The van der Waals surface area contributed by atoms with Crippen molar-refractivity contribution < 1.29 is 9.90 Å². The lowest BCUT2D eigenvalue weighted by Gasteiger charge is -2.10. The van der Waals surface area contributed by atoms with E-state index < -0.39 is 5.97 Å². The molecule has 0 aliphatic carbocycles. The molecule has 0 saturated carbocycles. The molecule has 5 nitrogen and oxygen atoms in total. The molecule has 1 aromatic heterocycles. The van der Waals surface area contributed by atoms with Crippen molar-refractivity contribution in [3.05, 3.63) is 63.8 Å². The van der Waals surface area contributed by atoms with Gasteiger partial charge in [0.2, 0.25) is 0 Å². The molecule has 1 heterocycles. The number of aromatic carboxylic acids is 1. The Kier molecular flexibility index (Phi) is 4.07. The van der Waals surface area contributed by atoms with E-state index in [4.69, 9.17) is 23.2 Å². The first-order valence-corrected chi connectivity index (χ1v) is 7.44. The van der Waals surface area contributed by atoms with Crippen LogP contribution in [0.1, 0.15) is 16.1 Å². The summed E-state index contributed by atoms with van der Waals surface area (Å²) < 4.78 is 1.41. The molecule has 0 radical (unpaired) electrons. The van der Waals surface area contributed by atoms with Crippen LogP contribution in [0.3, 0.4) is 0 Å². The van der Waals surface area contributed by atoms with Gasteiger partial charge >= 0.3 is 5.97 Å². The second kappa shape index (κ2) is 6.02. The van der Waals surface area contributed by atoms with Crippen molar-refractivity contribution in [2.45, 2.75) is 6.92 Å². The molecule has 0 atom stereocenters. The lowest BCUT2D eigenvalue weighted by Crippen LogP contribution is -2.04. The van der Waals surface area contributed by atoms with Crippen LogP contribution in [0.25, 0.3) is 16.9 Å². The smallest absolute Gasteiger partial charge is 0.358 e. The van der Waals surface area contributed by atoms with E-state index in [1.165, 1.54) is 4.68 Å². The SMILES string of the molecule is Cc1cccc(-c2c(C(=O)O)nnn2-c2ccc(Cl)cc2Cl)c1. The van der Waals surface area contributed by atoms with Gasteiger partial charge in [0, 0.05) is 10.6 Å². The Balaban J connectivity index is 2.28. The van der Waals surface area contributed by atoms with Gasteiger partial charge in [-0.1, -0.05) is 52.2 Å². The van der Waals surface area contributed by atoms with Crippen LogP contribution in [-0.2, 0) is 0 Å². The van der Waals surface area contributed by atoms with E-state index in [2.05, 4.69) is 10.3 Å².